The molecule has 0 aromatic heterocycles. The highest BCUT2D eigenvalue weighted by molar-refractivity contribution is 5.70. The van der Waals surface area contributed by atoms with Crippen LogP contribution >= 0.6 is 0 Å². The number of ether oxygens (including phenoxy) is 2. The van der Waals surface area contributed by atoms with Crippen LogP contribution in [0.3, 0.4) is 0 Å². The largest absolute Gasteiger partial charge is 0.462 e. The lowest BCUT2D eigenvalue weighted by molar-refractivity contribution is -0.159. The molecular weight excluding hydrogens is 280 g/mol. The lowest BCUT2D eigenvalue weighted by Gasteiger charge is -2.29. The number of carbonyl (C=O) groups is 2. The number of carbonyl (C=O) groups excluding carboxylic acids is 2. The van der Waals surface area contributed by atoms with Gasteiger partial charge in [0.15, 0.2) is 0 Å². The van der Waals surface area contributed by atoms with Gasteiger partial charge in [0.25, 0.3) is 0 Å². The van der Waals surface area contributed by atoms with Crippen LogP contribution in [0.5, 0.6) is 0 Å². The van der Waals surface area contributed by atoms with Gasteiger partial charge in [-0.1, -0.05) is 40.5 Å². The summed E-state index contributed by atoms with van der Waals surface area (Å²) in [7, 11) is 0. The Labute approximate surface area is 134 Å². The quantitative estimate of drug-likeness (QED) is 0.628. The lowest BCUT2D eigenvalue weighted by Crippen LogP contribution is -2.32. The first-order chi connectivity index (χ1) is 10.4. The van der Waals surface area contributed by atoms with Crippen molar-refractivity contribution < 1.29 is 19.1 Å². The van der Waals surface area contributed by atoms with Gasteiger partial charge in [0.1, 0.15) is 12.2 Å². The molecule has 0 amide bonds. The SMILES string of the molecule is CCC(C)CC(=O)OC1CCCC(OC(=O)CC(C)CC)C1. The standard InChI is InChI=1S/C18H32O4/c1-5-13(3)10-17(19)21-15-8-7-9-16(12-15)22-18(20)11-14(4)6-2/h13-16H,5-12H2,1-4H3. The molecule has 0 spiro atoms. The van der Waals surface area contributed by atoms with Gasteiger partial charge in [0.2, 0.25) is 0 Å². The fraction of sp³-hybridized carbons (Fsp3) is 0.889. The van der Waals surface area contributed by atoms with Gasteiger partial charge in [-0.2, -0.15) is 0 Å². The molecule has 22 heavy (non-hydrogen) atoms. The van der Waals surface area contributed by atoms with Gasteiger partial charge < -0.3 is 9.47 Å². The van der Waals surface area contributed by atoms with E-state index in [0.29, 0.717) is 31.1 Å². The van der Waals surface area contributed by atoms with Gasteiger partial charge in [-0.05, 0) is 31.1 Å². The van der Waals surface area contributed by atoms with Crippen LogP contribution in [0.25, 0.3) is 0 Å². The second-order valence-electron chi connectivity index (χ2n) is 6.83. The van der Waals surface area contributed by atoms with Crippen molar-refractivity contribution in [2.45, 2.75) is 91.3 Å². The molecule has 0 heterocycles. The maximum atomic E-state index is 11.9. The zero-order valence-electron chi connectivity index (χ0n) is 14.6. The maximum absolute atomic E-state index is 11.9. The summed E-state index contributed by atoms with van der Waals surface area (Å²) in [4.78, 5) is 23.7. The van der Waals surface area contributed by atoms with Crippen molar-refractivity contribution in [1.29, 1.82) is 0 Å². The van der Waals surface area contributed by atoms with E-state index in [0.717, 1.165) is 32.1 Å². The predicted octanol–water partition coefficient (Wildman–Crippen LogP) is 4.26. The van der Waals surface area contributed by atoms with Crippen LogP contribution in [-0.2, 0) is 19.1 Å². The van der Waals surface area contributed by atoms with Crippen molar-refractivity contribution in [3.63, 3.8) is 0 Å². The smallest absolute Gasteiger partial charge is 0.306 e. The Morgan fingerprint density at radius 2 is 1.32 bits per heavy atom. The highest BCUT2D eigenvalue weighted by atomic mass is 16.6. The fourth-order valence-electron chi connectivity index (χ4n) is 2.64. The number of hydrogen-bond acceptors (Lipinski definition) is 4. The third kappa shape index (κ3) is 7.28. The molecule has 4 unspecified atom stereocenters. The molecule has 1 fully saturated rings. The van der Waals surface area contributed by atoms with Crippen LogP contribution in [0.1, 0.15) is 79.1 Å². The van der Waals surface area contributed by atoms with Crippen LogP contribution in [-0.4, -0.2) is 24.1 Å². The molecule has 4 atom stereocenters. The summed E-state index contributed by atoms with van der Waals surface area (Å²) in [5, 5.41) is 0. The summed E-state index contributed by atoms with van der Waals surface area (Å²) < 4.78 is 11.1. The molecule has 1 rings (SSSR count). The van der Waals surface area contributed by atoms with Gasteiger partial charge in [-0.3, -0.25) is 9.59 Å². The molecule has 1 saturated carbocycles. The number of rotatable bonds is 8. The van der Waals surface area contributed by atoms with E-state index in [1.807, 2.05) is 0 Å². The molecule has 1 aliphatic carbocycles. The topological polar surface area (TPSA) is 52.6 Å². The fourth-order valence-corrected chi connectivity index (χ4v) is 2.64. The summed E-state index contributed by atoms with van der Waals surface area (Å²) in [5.74, 6) is 0.484. The number of esters is 2. The monoisotopic (exact) mass is 312 g/mol. The van der Waals surface area contributed by atoms with E-state index in [9.17, 15) is 9.59 Å². The van der Waals surface area contributed by atoms with E-state index >= 15 is 0 Å². The van der Waals surface area contributed by atoms with E-state index in [4.69, 9.17) is 9.47 Å². The second kappa shape index (κ2) is 9.86. The van der Waals surface area contributed by atoms with Crippen molar-refractivity contribution in [3.05, 3.63) is 0 Å². The Morgan fingerprint density at radius 3 is 1.68 bits per heavy atom. The highest BCUT2D eigenvalue weighted by Crippen LogP contribution is 2.25. The van der Waals surface area contributed by atoms with Crippen molar-refractivity contribution in [2.24, 2.45) is 11.8 Å². The summed E-state index contributed by atoms with van der Waals surface area (Å²) in [5.41, 5.74) is 0. The summed E-state index contributed by atoms with van der Waals surface area (Å²) in [6, 6.07) is 0. The van der Waals surface area contributed by atoms with Gasteiger partial charge in [0, 0.05) is 19.3 Å². The van der Waals surface area contributed by atoms with Crippen molar-refractivity contribution in [1.82, 2.24) is 0 Å². The van der Waals surface area contributed by atoms with Crippen LogP contribution < -0.4 is 0 Å². The first-order valence-electron chi connectivity index (χ1n) is 8.83. The molecule has 0 N–H and O–H groups in total. The van der Waals surface area contributed by atoms with E-state index in [-0.39, 0.29) is 24.1 Å². The zero-order chi connectivity index (χ0) is 16.5. The molecule has 0 saturated heterocycles. The summed E-state index contributed by atoms with van der Waals surface area (Å²) >= 11 is 0. The molecule has 0 aromatic rings. The number of hydrogen-bond donors (Lipinski definition) is 0. The average molecular weight is 312 g/mol. The molecule has 0 aromatic carbocycles. The van der Waals surface area contributed by atoms with E-state index in [1.54, 1.807) is 0 Å². The third-order valence-corrected chi connectivity index (χ3v) is 4.60. The molecule has 0 radical (unpaired) electrons. The Hall–Kier alpha value is -1.06. The van der Waals surface area contributed by atoms with Gasteiger partial charge in [0.05, 0.1) is 0 Å². The first-order valence-corrected chi connectivity index (χ1v) is 8.83. The minimum Gasteiger partial charge on any atom is -0.462 e. The second-order valence-corrected chi connectivity index (χ2v) is 6.83. The Bertz CT molecular complexity index is 321. The maximum Gasteiger partial charge on any atom is 0.306 e. The average Bonchev–Trinajstić information content (AvgIpc) is 2.46. The van der Waals surface area contributed by atoms with Gasteiger partial charge in [-0.15, -0.1) is 0 Å². The van der Waals surface area contributed by atoms with Crippen molar-refractivity contribution in [2.75, 3.05) is 0 Å². The highest BCUT2D eigenvalue weighted by Gasteiger charge is 2.27. The zero-order valence-corrected chi connectivity index (χ0v) is 14.6. The summed E-state index contributed by atoms with van der Waals surface area (Å²) in [6.45, 7) is 8.26. The molecule has 0 bridgehead atoms. The first kappa shape index (κ1) is 19.0. The van der Waals surface area contributed by atoms with E-state index in [2.05, 4.69) is 27.7 Å². The predicted molar refractivity (Wildman–Crippen MR) is 86.4 cm³/mol. The lowest BCUT2D eigenvalue weighted by atomic mass is 9.94. The Morgan fingerprint density at radius 1 is 0.909 bits per heavy atom. The van der Waals surface area contributed by atoms with E-state index in [1.165, 1.54) is 0 Å². The molecule has 4 heteroatoms. The van der Waals surface area contributed by atoms with Crippen LogP contribution in [0.4, 0.5) is 0 Å². The van der Waals surface area contributed by atoms with Crippen molar-refractivity contribution in [3.8, 4) is 0 Å². The normalized spacial score (nSPS) is 24.4. The van der Waals surface area contributed by atoms with Crippen LogP contribution in [0.15, 0.2) is 0 Å². The third-order valence-electron chi connectivity index (χ3n) is 4.60. The minimum atomic E-state index is -0.120. The molecular formula is C18H32O4. The molecule has 0 aliphatic heterocycles. The van der Waals surface area contributed by atoms with Crippen LogP contribution in [0, 0.1) is 11.8 Å². The van der Waals surface area contributed by atoms with Crippen molar-refractivity contribution >= 4 is 11.9 Å². The van der Waals surface area contributed by atoms with Crippen LogP contribution in [0.2, 0.25) is 0 Å². The Kier molecular flexibility index (Phi) is 8.51. The Balaban J connectivity index is 2.34. The molecule has 1 aliphatic rings. The summed E-state index contributed by atoms with van der Waals surface area (Å²) in [6.07, 6.45) is 6.10. The van der Waals surface area contributed by atoms with E-state index < -0.39 is 0 Å². The molecule has 128 valence electrons. The van der Waals surface area contributed by atoms with Gasteiger partial charge >= 0.3 is 11.9 Å². The van der Waals surface area contributed by atoms with Gasteiger partial charge in [-0.25, -0.2) is 0 Å². The molecule has 4 nitrogen and oxygen atoms in total. The minimum absolute atomic E-state index is 0.0910.